The molecule has 0 unspecified atom stereocenters. The van der Waals surface area contributed by atoms with Gasteiger partial charge in [-0.1, -0.05) is 152 Å². The lowest BCUT2D eigenvalue weighted by Gasteiger charge is -2.33. The lowest BCUT2D eigenvalue weighted by molar-refractivity contribution is 0.398. The standard InChI is InChI=1S/C43H50N4/c1-3-5-7-9-11-19-25-43(26-20-12-10-8-6-4-2)35-29-39-37(44-41(46-39)31-21-15-13-16-22-31)27-33(35)34-28-38-40(30-36(34)43)47-42(45-38)32-23-17-14-18-24-32/h13-18,21-24,27-30H,3-12,19-20,25-26H2,1-2H3,(H,44,46)(H,45,47). The number of unbranched alkanes of at least 4 members (excludes halogenated alkanes) is 10. The van der Waals surface area contributed by atoms with Crippen LogP contribution in [0.5, 0.6) is 0 Å². The lowest BCUT2D eigenvalue weighted by atomic mass is 9.70. The van der Waals surface area contributed by atoms with Crippen LogP contribution in [0.25, 0.3) is 56.0 Å². The van der Waals surface area contributed by atoms with E-state index in [4.69, 9.17) is 9.97 Å². The predicted molar refractivity (Wildman–Crippen MR) is 199 cm³/mol. The molecule has 0 atom stereocenters. The first-order valence-electron chi connectivity index (χ1n) is 18.4. The normalized spacial score (nSPS) is 13.4. The van der Waals surface area contributed by atoms with Crippen molar-refractivity contribution < 1.29 is 0 Å². The fourth-order valence-electron chi connectivity index (χ4n) is 8.04. The quantitative estimate of drug-likeness (QED) is 0.106. The third kappa shape index (κ3) is 6.40. The second-order valence-corrected chi connectivity index (χ2v) is 13.9. The summed E-state index contributed by atoms with van der Waals surface area (Å²) in [6.45, 7) is 4.61. The molecule has 0 aliphatic heterocycles. The molecule has 1 aliphatic rings. The van der Waals surface area contributed by atoms with E-state index in [2.05, 4.69) is 109 Å². The second kappa shape index (κ2) is 14.3. The minimum atomic E-state index is -0.0153. The Labute approximate surface area is 280 Å². The Morgan fingerprint density at radius 2 is 0.894 bits per heavy atom. The van der Waals surface area contributed by atoms with Crippen LogP contribution in [0.3, 0.4) is 0 Å². The maximum Gasteiger partial charge on any atom is 0.138 e. The van der Waals surface area contributed by atoms with Gasteiger partial charge in [0, 0.05) is 16.5 Å². The monoisotopic (exact) mass is 622 g/mol. The van der Waals surface area contributed by atoms with Crippen LogP contribution in [0.1, 0.15) is 115 Å². The van der Waals surface area contributed by atoms with Gasteiger partial charge in [0.25, 0.3) is 0 Å². The molecule has 0 saturated carbocycles. The number of benzene rings is 4. The molecule has 2 aromatic heterocycles. The first kappa shape index (κ1) is 31.4. The Morgan fingerprint density at radius 3 is 1.32 bits per heavy atom. The van der Waals surface area contributed by atoms with Gasteiger partial charge in [-0.15, -0.1) is 0 Å². The average molecular weight is 623 g/mol. The maximum atomic E-state index is 5.12. The number of hydrogen-bond acceptors (Lipinski definition) is 2. The van der Waals surface area contributed by atoms with E-state index < -0.39 is 0 Å². The van der Waals surface area contributed by atoms with Crippen LogP contribution in [0, 0.1) is 0 Å². The Morgan fingerprint density at radius 1 is 0.489 bits per heavy atom. The molecule has 0 saturated heterocycles. The molecule has 6 aromatic rings. The van der Waals surface area contributed by atoms with Crippen LogP contribution in [0.4, 0.5) is 0 Å². The van der Waals surface area contributed by atoms with E-state index in [1.54, 1.807) is 0 Å². The maximum absolute atomic E-state index is 5.12. The number of aromatic amines is 2. The number of rotatable bonds is 16. The summed E-state index contributed by atoms with van der Waals surface area (Å²) in [7, 11) is 0. The summed E-state index contributed by atoms with van der Waals surface area (Å²) in [4.78, 5) is 17.7. The van der Waals surface area contributed by atoms with Gasteiger partial charge in [0.15, 0.2) is 0 Å². The van der Waals surface area contributed by atoms with Crippen molar-refractivity contribution in [3.63, 3.8) is 0 Å². The van der Waals surface area contributed by atoms with Gasteiger partial charge in [-0.3, -0.25) is 0 Å². The Balaban J connectivity index is 1.34. The molecule has 4 aromatic carbocycles. The molecule has 242 valence electrons. The zero-order valence-corrected chi connectivity index (χ0v) is 28.4. The molecule has 4 heteroatoms. The SMILES string of the molecule is CCCCCCCCC1(CCCCCCCC)c2cc3[nH]c(-c4ccccc4)nc3cc2-c2cc3nc(-c4ccccc4)[nH]c3cc21. The smallest absolute Gasteiger partial charge is 0.138 e. The van der Waals surface area contributed by atoms with E-state index in [0.29, 0.717) is 0 Å². The van der Waals surface area contributed by atoms with Crippen molar-refractivity contribution in [2.75, 3.05) is 0 Å². The topological polar surface area (TPSA) is 57.4 Å². The highest BCUT2D eigenvalue weighted by atomic mass is 14.9. The molecule has 1 aliphatic carbocycles. The molecule has 47 heavy (non-hydrogen) atoms. The summed E-state index contributed by atoms with van der Waals surface area (Å²) in [6.07, 6.45) is 18.1. The van der Waals surface area contributed by atoms with Crippen molar-refractivity contribution in [1.82, 2.24) is 19.9 Å². The molecule has 0 radical (unpaired) electrons. The van der Waals surface area contributed by atoms with Crippen LogP contribution in [0.15, 0.2) is 84.9 Å². The number of H-pyrrole nitrogens is 2. The largest absolute Gasteiger partial charge is 0.338 e. The van der Waals surface area contributed by atoms with Gasteiger partial charge in [0.1, 0.15) is 11.6 Å². The number of hydrogen-bond donors (Lipinski definition) is 2. The minimum Gasteiger partial charge on any atom is -0.338 e. The summed E-state index contributed by atoms with van der Waals surface area (Å²) in [5.41, 5.74) is 12.3. The molecule has 0 fully saturated rings. The second-order valence-electron chi connectivity index (χ2n) is 13.9. The summed E-state index contributed by atoms with van der Waals surface area (Å²) in [5.74, 6) is 1.88. The van der Waals surface area contributed by atoms with Gasteiger partial charge in [-0.25, -0.2) is 9.97 Å². The molecule has 0 spiro atoms. The van der Waals surface area contributed by atoms with E-state index in [1.807, 2.05) is 0 Å². The van der Waals surface area contributed by atoms with Crippen molar-refractivity contribution in [2.24, 2.45) is 0 Å². The van der Waals surface area contributed by atoms with Gasteiger partial charge in [0.05, 0.1) is 22.1 Å². The highest BCUT2D eigenvalue weighted by molar-refractivity contribution is 5.96. The molecule has 0 amide bonds. The molecule has 2 N–H and O–H groups in total. The third-order valence-electron chi connectivity index (χ3n) is 10.6. The zero-order valence-electron chi connectivity index (χ0n) is 28.4. The molecule has 2 heterocycles. The van der Waals surface area contributed by atoms with Crippen LogP contribution >= 0.6 is 0 Å². The van der Waals surface area contributed by atoms with Gasteiger partial charge in [0.2, 0.25) is 0 Å². The molecule has 0 bridgehead atoms. The molecule has 7 rings (SSSR count). The fraction of sp³-hybridized carbons (Fsp3) is 0.395. The van der Waals surface area contributed by atoms with E-state index >= 15 is 0 Å². The van der Waals surface area contributed by atoms with Crippen LogP contribution in [-0.4, -0.2) is 19.9 Å². The summed E-state index contributed by atoms with van der Waals surface area (Å²) < 4.78 is 0. The summed E-state index contributed by atoms with van der Waals surface area (Å²) in [5, 5.41) is 0. The third-order valence-corrected chi connectivity index (χ3v) is 10.6. The van der Waals surface area contributed by atoms with Crippen molar-refractivity contribution in [3.8, 4) is 33.9 Å². The number of aromatic nitrogens is 4. The van der Waals surface area contributed by atoms with E-state index in [9.17, 15) is 0 Å². The van der Waals surface area contributed by atoms with Crippen LogP contribution < -0.4 is 0 Å². The first-order chi connectivity index (χ1) is 23.2. The van der Waals surface area contributed by atoms with Gasteiger partial charge in [-0.05, 0) is 59.4 Å². The number of nitrogens with zero attached hydrogens (tertiary/aromatic N) is 2. The first-order valence-corrected chi connectivity index (χ1v) is 18.4. The van der Waals surface area contributed by atoms with Crippen molar-refractivity contribution in [2.45, 2.75) is 109 Å². The van der Waals surface area contributed by atoms with Crippen LogP contribution in [0.2, 0.25) is 0 Å². The summed E-state index contributed by atoms with van der Waals surface area (Å²) >= 11 is 0. The lowest BCUT2D eigenvalue weighted by Crippen LogP contribution is -2.25. The van der Waals surface area contributed by atoms with E-state index in [0.717, 1.165) is 44.8 Å². The van der Waals surface area contributed by atoms with Crippen molar-refractivity contribution >= 4 is 22.1 Å². The van der Waals surface area contributed by atoms with Gasteiger partial charge < -0.3 is 9.97 Å². The van der Waals surface area contributed by atoms with Gasteiger partial charge >= 0.3 is 0 Å². The fourth-order valence-corrected chi connectivity index (χ4v) is 8.04. The molecule has 4 nitrogen and oxygen atoms in total. The molecular weight excluding hydrogens is 573 g/mol. The van der Waals surface area contributed by atoms with E-state index in [1.165, 1.54) is 112 Å². The highest BCUT2D eigenvalue weighted by Crippen LogP contribution is 2.56. The Bertz CT molecular complexity index is 1770. The van der Waals surface area contributed by atoms with Crippen LogP contribution in [-0.2, 0) is 5.41 Å². The average Bonchev–Trinajstić information content (AvgIpc) is 3.80. The van der Waals surface area contributed by atoms with E-state index in [-0.39, 0.29) is 5.41 Å². The molecular formula is C43H50N4. The number of fused-ring (bicyclic) bond motifs is 5. The summed E-state index contributed by atoms with van der Waals surface area (Å²) in [6, 6.07) is 30.7. The van der Waals surface area contributed by atoms with Gasteiger partial charge in [-0.2, -0.15) is 0 Å². The zero-order chi connectivity index (χ0) is 32.1. The van der Waals surface area contributed by atoms with Crippen molar-refractivity contribution in [1.29, 1.82) is 0 Å². The Hall–Kier alpha value is -4.18. The number of imidazole rings is 2. The highest BCUT2D eigenvalue weighted by Gasteiger charge is 2.43. The van der Waals surface area contributed by atoms with Crippen molar-refractivity contribution in [3.05, 3.63) is 96.1 Å². The minimum absolute atomic E-state index is 0.0153. The Kier molecular flexibility index (Phi) is 9.56. The number of nitrogens with one attached hydrogen (secondary N) is 2. The predicted octanol–water partition coefficient (Wildman–Crippen LogP) is 12.5.